The highest BCUT2D eigenvalue weighted by molar-refractivity contribution is 5.38. The first-order chi connectivity index (χ1) is 10.6. The van der Waals surface area contributed by atoms with Gasteiger partial charge in [0.25, 0.3) is 0 Å². The molecule has 1 aromatic heterocycles. The molecule has 3 atom stereocenters. The first kappa shape index (κ1) is 14.4. The second-order valence-electron chi connectivity index (χ2n) is 7.07. The molecule has 1 spiro atoms. The van der Waals surface area contributed by atoms with Crippen molar-refractivity contribution in [2.24, 2.45) is 11.8 Å². The standard InChI is InChI=1S/C17H24N2O3/c1-11-13-5-4-12-14(18-10-19-15(12)20-3)16(13,2)6-7-17(11)21-8-9-22-17/h10-11,13H,4-9H2,1-3H3/t11-,13-,16-/m0/s1. The molecule has 22 heavy (non-hydrogen) atoms. The van der Waals surface area contributed by atoms with Crippen molar-refractivity contribution in [3.05, 3.63) is 17.6 Å². The molecule has 0 unspecified atom stereocenters. The highest BCUT2D eigenvalue weighted by Gasteiger charge is 2.57. The SMILES string of the molecule is COc1ncnc2c1CC[C@H]1[C@H](C)C3(CC[C@]21C)OCCO3. The van der Waals surface area contributed by atoms with Crippen molar-refractivity contribution in [1.82, 2.24) is 9.97 Å². The van der Waals surface area contributed by atoms with Gasteiger partial charge in [0.1, 0.15) is 6.33 Å². The summed E-state index contributed by atoms with van der Waals surface area (Å²) >= 11 is 0. The van der Waals surface area contributed by atoms with E-state index >= 15 is 0 Å². The fourth-order valence-electron chi connectivity index (χ4n) is 5.04. The quantitative estimate of drug-likeness (QED) is 0.798. The van der Waals surface area contributed by atoms with E-state index in [1.165, 1.54) is 11.3 Å². The van der Waals surface area contributed by atoms with Crippen LogP contribution in [0.15, 0.2) is 6.33 Å². The first-order valence-corrected chi connectivity index (χ1v) is 8.27. The summed E-state index contributed by atoms with van der Waals surface area (Å²) in [4.78, 5) is 8.95. The molecule has 0 bridgehead atoms. The van der Waals surface area contributed by atoms with Crippen molar-refractivity contribution >= 4 is 0 Å². The molecule has 3 aliphatic rings. The molecule has 0 N–H and O–H groups in total. The number of aromatic nitrogens is 2. The molecule has 0 amide bonds. The number of methoxy groups -OCH3 is 1. The van der Waals surface area contributed by atoms with E-state index in [-0.39, 0.29) is 11.2 Å². The fourth-order valence-corrected chi connectivity index (χ4v) is 5.04. The zero-order chi connectivity index (χ0) is 15.4. The normalized spacial score (nSPS) is 36.0. The summed E-state index contributed by atoms with van der Waals surface area (Å²) in [6.07, 6.45) is 5.70. The third kappa shape index (κ3) is 1.78. The highest BCUT2D eigenvalue weighted by atomic mass is 16.7. The minimum absolute atomic E-state index is 0.0593. The molecule has 1 aromatic rings. The molecule has 1 aliphatic heterocycles. The summed E-state index contributed by atoms with van der Waals surface area (Å²) in [5, 5.41) is 0. The molecule has 1 saturated heterocycles. The van der Waals surface area contributed by atoms with Gasteiger partial charge in [-0.3, -0.25) is 0 Å². The maximum Gasteiger partial charge on any atom is 0.219 e. The molecule has 4 rings (SSSR count). The van der Waals surface area contributed by atoms with E-state index in [0.717, 1.165) is 44.8 Å². The Balaban J connectivity index is 1.75. The van der Waals surface area contributed by atoms with Gasteiger partial charge in [-0.2, -0.15) is 0 Å². The van der Waals surface area contributed by atoms with Crippen LogP contribution >= 0.6 is 0 Å². The van der Waals surface area contributed by atoms with E-state index < -0.39 is 0 Å². The first-order valence-electron chi connectivity index (χ1n) is 8.27. The van der Waals surface area contributed by atoms with Crippen molar-refractivity contribution in [1.29, 1.82) is 0 Å². The van der Waals surface area contributed by atoms with Gasteiger partial charge in [0.2, 0.25) is 5.88 Å². The van der Waals surface area contributed by atoms with E-state index in [1.807, 2.05) is 0 Å². The van der Waals surface area contributed by atoms with Gasteiger partial charge < -0.3 is 14.2 Å². The van der Waals surface area contributed by atoms with Crippen molar-refractivity contribution in [3.8, 4) is 5.88 Å². The Morgan fingerprint density at radius 1 is 1.23 bits per heavy atom. The minimum Gasteiger partial charge on any atom is -0.481 e. The third-order valence-corrected chi connectivity index (χ3v) is 6.23. The zero-order valence-corrected chi connectivity index (χ0v) is 13.6. The molecule has 2 fully saturated rings. The van der Waals surface area contributed by atoms with Crippen LogP contribution in [0.25, 0.3) is 0 Å². The van der Waals surface area contributed by atoms with Crippen LogP contribution in [-0.2, 0) is 21.3 Å². The van der Waals surface area contributed by atoms with Crippen molar-refractivity contribution in [2.45, 2.75) is 50.7 Å². The van der Waals surface area contributed by atoms with E-state index in [0.29, 0.717) is 11.8 Å². The van der Waals surface area contributed by atoms with Crippen LogP contribution in [0, 0.1) is 11.8 Å². The predicted molar refractivity (Wildman–Crippen MR) is 80.8 cm³/mol. The zero-order valence-electron chi connectivity index (χ0n) is 13.6. The topological polar surface area (TPSA) is 53.5 Å². The molecule has 1 saturated carbocycles. The van der Waals surface area contributed by atoms with E-state index in [4.69, 9.17) is 14.2 Å². The lowest BCUT2D eigenvalue weighted by Gasteiger charge is -2.54. The summed E-state index contributed by atoms with van der Waals surface area (Å²) in [7, 11) is 1.69. The summed E-state index contributed by atoms with van der Waals surface area (Å²) < 4.78 is 17.5. The van der Waals surface area contributed by atoms with Crippen LogP contribution in [0.4, 0.5) is 0 Å². The largest absolute Gasteiger partial charge is 0.481 e. The van der Waals surface area contributed by atoms with Gasteiger partial charge in [-0.25, -0.2) is 9.97 Å². The molecular weight excluding hydrogens is 280 g/mol. The molecule has 5 heteroatoms. The van der Waals surface area contributed by atoms with Gasteiger partial charge >= 0.3 is 0 Å². The predicted octanol–water partition coefficient (Wildman–Crippen LogP) is 2.48. The Kier molecular flexibility index (Phi) is 3.20. The second kappa shape index (κ2) is 4.90. The minimum atomic E-state index is -0.362. The van der Waals surface area contributed by atoms with Gasteiger partial charge in [0.05, 0.1) is 26.0 Å². The maximum absolute atomic E-state index is 6.04. The number of nitrogens with zero attached hydrogens (tertiary/aromatic N) is 2. The molecule has 120 valence electrons. The van der Waals surface area contributed by atoms with Crippen molar-refractivity contribution in [2.75, 3.05) is 20.3 Å². The Morgan fingerprint density at radius 3 is 2.73 bits per heavy atom. The second-order valence-corrected chi connectivity index (χ2v) is 7.07. The lowest BCUT2D eigenvalue weighted by Crippen LogP contribution is -2.55. The molecule has 2 aliphatic carbocycles. The van der Waals surface area contributed by atoms with Crippen LogP contribution < -0.4 is 4.74 Å². The Bertz CT molecular complexity index is 585. The Morgan fingerprint density at radius 2 is 2.00 bits per heavy atom. The van der Waals surface area contributed by atoms with E-state index in [2.05, 4.69) is 23.8 Å². The number of fused-ring (bicyclic) bond motifs is 3. The third-order valence-electron chi connectivity index (χ3n) is 6.23. The average Bonchev–Trinajstić information content (AvgIpc) is 3.01. The molecular formula is C17H24N2O3. The van der Waals surface area contributed by atoms with Crippen LogP contribution in [0.2, 0.25) is 0 Å². The van der Waals surface area contributed by atoms with Gasteiger partial charge in [-0.1, -0.05) is 13.8 Å². The van der Waals surface area contributed by atoms with Gasteiger partial charge in [0, 0.05) is 23.3 Å². The van der Waals surface area contributed by atoms with Crippen LogP contribution in [-0.4, -0.2) is 36.1 Å². The van der Waals surface area contributed by atoms with Crippen LogP contribution in [0.5, 0.6) is 5.88 Å². The molecule has 0 radical (unpaired) electrons. The monoisotopic (exact) mass is 304 g/mol. The summed E-state index contributed by atoms with van der Waals surface area (Å²) in [6, 6.07) is 0. The molecule has 5 nitrogen and oxygen atoms in total. The molecule has 0 aromatic carbocycles. The Hall–Kier alpha value is -1.20. The van der Waals surface area contributed by atoms with Crippen molar-refractivity contribution in [3.63, 3.8) is 0 Å². The summed E-state index contributed by atoms with van der Waals surface area (Å²) in [5.41, 5.74) is 2.43. The van der Waals surface area contributed by atoms with E-state index in [1.54, 1.807) is 13.4 Å². The summed E-state index contributed by atoms with van der Waals surface area (Å²) in [5.74, 6) is 1.28. The lowest BCUT2D eigenvalue weighted by atomic mass is 9.55. The number of hydrogen-bond donors (Lipinski definition) is 0. The average molecular weight is 304 g/mol. The van der Waals surface area contributed by atoms with Crippen LogP contribution in [0.3, 0.4) is 0 Å². The number of hydrogen-bond acceptors (Lipinski definition) is 5. The smallest absolute Gasteiger partial charge is 0.219 e. The number of ether oxygens (including phenoxy) is 3. The van der Waals surface area contributed by atoms with E-state index in [9.17, 15) is 0 Å². The highest BCUT2D eigenvalue weighted by Crippen LogP contribution is 2.57. The van der Waals surface area contributed by atoms with Crippen LogP contribution in [0.1, 0.15) is 44.4 Å². The number of rotatable bonds is 1. The van der Waals surface area contributed by atoms with Crippen molar-refractivity contribution < 1.29 is 14.2 Å². The van der Waals surface area contributed by atoms with Gasteiger partial charge in [-0.05, 0) is 25.2 Å². The van der Waals surface area contributed by atoms with Gasteiger partial charge in [-0.15, -0.1) is 0 Å². The molecule has 2 heterocycles. The summed E-state index contributed by atoms with van der Waals surface area (Å²) in [6.45, 7) is 6.08. The fraction of sp³-hybridized carbons (Fsp3) is 0.765. The maximum atomic E-state index is 6.04. The van der Waals surface area contributed by atoms with Gasteiger partial charge in [0.15, 0.2) is 5.79 Å². The lowest BCUT2D eigenvalue weighted by molar-refractivity contribution is -0.234. The Labute approximate surface area is 131 Å².